The molecule has 0 aromatic carbocycles. The zero-order valence-electron chi connectivity index (χ0n) is 13.3. The number of carbonyl (C=O) groups is 1. The second-order valence-corrected chi connectivity index (χ2v) is 8.32. The Balaban J connectivity index is 2.42. The molecule has 0 aromatic heterocycles. The van der Waals surface area contributed by atoms with E-state index in [0.717, 1.165) is 0 Å². The SMILES string of the molecule is CCCS(=O)(=O)N1CCC(NC(=O)[C@@H](N)CC(C)C)CC1. The minimum atomic E-state index is -3.12. The molecule has 1 fully saturated rings. The minimum Gasteiger partial charge on any atom is -0.352 e. The van der Waals surface area contributed by atoms with Crippen molar-refractivity contribution >= 4 is 15.9 Å². The Labute approximate surface area is 128 Å². The molecule has 1 atom stereocenters. The highest BCUT2D eigenvalue weighted by Crippen LogP contribution is 2.15. The molecular weight excluding hydrogens is 290 g/mol. The summed E-state index contributed by atoms with van der Waals surface area (Å²) in [6.07, 6.45) is 2.60. The second kappa shape index (κ2) is 8.10. The lowest BCUT2D eigenvalue weighted by atomic mass is 10.0. The third-order valence-electron chi connectivity index (χ3n) is 3.72. The van der Waals surface area contributed by atoms with Gasteiger partial charge in [-0.1, -0.05) is 20.8 Å². The van der Waals surface area contributed by atoms with E-state index in [1.807, 2.05) is 20.8 Å². The van der Waals surface area contributed by atoms with Crippen molar-refractivity contribution in [3.63, 3.8) is 0 Å². The van der Waals surface area contributed by atoms with Crippen LogP contribution >= 0.6 is 0 Å². The summed E-state index contributed by atoms with van der Waals surface area (Å²) < 4.78 is 25.5. The second-order valence-electron chi connectivity index (χ2n) is 6.23. The summed E-state index contributed by atoms with van der Waals surface area (Å²) in [6.45, 7) is 6.88. The largest absolute Gasteiger partial charge is 0.352 e. The molecule has 1 amide bonds. The molecule has 21 heavy (non-hydrogen) atoms. The highest BCUT2D eigenvalue weighted by Gasteiger charge is 2.28. The molecule has 0 unspecified atom stereocenters. The number of piperidine rings is 1. The van der Waals surface area contributed by atoms with E-state index in [-0.39, 0.29) is 17.7 Å². The van der Waals surface area contributed by atoms with E-state index >= 15 is 0 Å². The van der Waals surface area contributed by atoms with Gasteiger partial charge in [-0.05, 0) is 31.6 Å². The van der Waals surface area contributed by atoms with Gasteiger partial charge < -0.3 is 11.1 Å². The smallest absolute Gasteiger partial charge is 0.237 e. The predicted octanol–water partition coefficient (Wildman–Crippen LogP) is 0.680. The van der Waals surface area contributed by atoms with Crippen LogP contribution in [0.3, 0.4) is 0 Å². The van der Waals surface area contributed by atoms with Crippen molar-refractivity contribution in [1.82, 2.24) is 9.62 Å². The van der Waals surface area contributed by atoms with Crippen LogP contribution in [0.5, 0.6) is 0 Å². The molecule has 3 N–H and O–H groups in total. The van der Waals surface area contributed by atoms with Crippen LogP contribution in [-0.2, 0) is 14.8 Å². The van der Waals surface area contributed by atoms with Crippen molar-refractivity contribution in [3.05, 3.63) is 0 Å². The summed E-state index contributed by atoms with van der Waals surface area (Å²) in [5, 5.41) is 2.94. The highest BCUT2D eigenvalue weighted by atomic mass is 32.2. The van der Waals surface area contributed by atoms with Crippen molar-refractivity contribution in [2.24, 2.45) is 11.7 Å². The van der Waals surface area contributed by atoms with E-state index in [1.165, 1.54) is 4.31 Å². The van der Waals surface area contributed by atoms with Crippen molar-refractivity contribution < 1.29 is 13.2 Å². The van der Waals surface area contributed by atoms with E-state index in [1.54, 1.807) is 0 Å². The van der Waals surface area contributed by atoms with Gasteiger partial charge in [0.05, 0.1) is 11.8 Å². The molecule has 7 heteroatoms. The Bertz CT molecular complexity index is 429. The van der Waals surface area contributed by atoms with Crippen LogP contribution in [0.15, 0.2) is 0 Å². The summed E-state index contributed by atoms with van der Waals surface area (Å²) in [5.41, 5.74) is 5.85. The maximum Gasteiger partial charge on any atom is 0.237 e. The molecule has 0 radical (unpaired) electrons. The van der Waals surface area contributed by atoms with Crippen molar-refractivity contribution in [2.75, 3.05) is 18.8 Å². The Morgan fingerprint density at radius 3 is 2.38 bits per heavy atom. The topological polar surface area (TPSA) is 92.5 Å². The summed E-state index contributed by atoms with van der Waals surface area (Å²) in [4.78, 5) is 12.0. The van der Waals surface area contributed by atoms with Crippen LogP contribution in [-0.4, -0.2) is 49.6 Å². The lowest BCUT2D eigenvalue weighted by molar-refractivity contribution is -0.123. The highest BCUT2D eigenvalue weighted by molar-refractivity contribution is 7.89. The fraction of sp³-hybridized carbons (Fsp3) is 0.929. The molecule has 1 aliphatic rings. The molecule has 6 nitrogen and oxygen atoms in total. The number of rotatable bonds is 7. The van der Waals surface area contributed by atoms with Gasteiger partial charge in [0.1, 0.15) is 0 Å². The molecule has 1 aliphatic heterocycles. The van der Waals surface area contributed by atoms with Crippen molar-refractivity contribution in [3.8, 4) is 0 Å². The Morgan fingerprint density at radius 1 is 1.33 bits per heavy atom. The first-order valence-electron chi connectivity index (χ1n) is 7.80. The Kier molecular flexibility index (Phi) is 7.09. The molecule has 0 aromatic rings. The number of hydrogen-bond donors (Lipinski definition) is 2. The molecule has 0 spiro atoms. The molecule has 1 saturated heterocycles. The zero-order chi connectivity index (χ0) is 16.0. The number of nitrogens with one attached hydrogen (secondary N) is 1. The third-order valence-corrected chi connectivity index (χ3v) is 5.79. The van der Waals surface area contributed by atoms with Crippen LogP contribution in [0.1, 0.15) is 46.5 Å². The number of amides is 1. The first kappa shape index (κ1) is 18.4. The average molecular weight is 319 g/mol. The number of nitrogens with two attached hydrogens (primary N) is 1. The molecule has 124 valence electrons. The molecule has 0 aliphatic carbocycles. The van der Waals surface area contributed by atoms with Gasteiger partial charge in [-0.2, -0.15) is 0 Å². The van der Waals surface area contributed by atoms with Gasteiger partial charge in [0.25, 0.3) is 0 Å². The van der Waals surface area contributed by atoms with E-state index in [2.05, 4.69) is 5.32 Å². The zero-order valence-corrected chi connectivity index (χ0v) is 14.2. The summed E-state index contributed by atoms with van der Waals surface area (Å²) >= 11 is 0. The fourth-order valence-corrected chi connectivity index (χ4v) is 4.13. The molecule has 0 bridgehead atoms. The summed E-state index contributed by atoms with van der Waals surface area (Å²) in [6, 6.07) is -0.448. The van der Waals surface area contributed by atoms with Gasteiger partial charge in [-0.15, -0.1) is 0 Å². The van der Waals surface area contributed by atoms with Gasteiger partial charge in [0.15, 0.2) is 0 Å². The monoisotopic (exact) mass is 319 g/mol. The van der Waals surface area contributed by atoms with Crippen LogP contribution in [0.2, 0.25) is 0 Å². The van der Waals surface area contributed by atoms with Crippen LogP contribution < -0.4 is 11.1 Å². The van der Waals surface area contributed by atoms with Gasteiger partial charge in [0.2, 0.25) is 15.9 Å². The van der Waals surface area contributed by atoms with E-state index in [9.17, 15) is 13.2 Å². The summed E-state index contributed by atoms with van der Waals surface area (Å²) in [7, 11) is -3.12. The molecule has 1 heterocycles. The number of nitrogens with zero attached hydrogens (tertiary/aromatic N) is 1. The quantitative estimate of drug-likeness (QED) is 0.722. The average Bonchev–Trinajstić information content (AvgIpc) is 2.38. The maximum absolute atomic E-state index is 12.0. The minimum absolute atomic E-state index is 0.0313. The first-order chi connectivity index (χ1) is 9.76. The van der Waals surface area contributed by atoms with Crippen LogP contribution in [0.4, 0.5) is 0 Å². The lowest BCUT2D eigenvalue weighted by Crippen LogP contribution is -2.51. The van der Waals surface area contributed by atoms with Gasteiger partial charge in [-0.25, -0.2) is 12.7 Å². The third kappa shape index (κ3) is 5.92. The van der Waals surface area contributed by atoms with Crippen LogP contribution in [0.25, 0.3) is 0 Å². The maximum atomic E-state index is 12.0. The van der Waals surface area contributed by atoms with E-state index < -0.39 is 16.1 Å². The standard InChI is InChI=1S/C14H29N3O3S/c1-4-9-21(19,20)17-7-5-12(6-8-17)16-14(18)13(15)10-11(2)3/h11-13H,4-10,15H2,1-3H3,(H,16,18)/t13-/m0/s1. The summed E-state index contributed by atoms with van der Waals surface area (Å²) in [5.74, 6) is 0.453. The van der Waals surface area contributed by atoms with Gasteiger partial charge in [0, 0.05) is 19.1 Å². The molecule has 0 saturated carbocycles. The van der Waals surface area contributed by atoms with Gasteiger partial charge in [-0.3, -0.25) is 4.79 Å². The Morgan fingerprint density at radius 2 is 1.90 bits per heavy atom. The lowest BCUT2D eigenvalue weighted by Gasteiger charge is -2.32. The van der Waals surface area contributed by atoms with E-state index in [4.69, 9.17) is 5.73 Å². The van der Waals surface area contributed by atoms with Crippen LogP contribution in [0, 0.1) is 5.92 Å². The van der Waals surface area contributed by atoms with Gasteiger partial charge >= 0.3 is 0 Å². The number of carbonyl (C=O) groups excluding carboxylic acids is 1. The fourth-order valence-electron chi connectivity index (χ4n) is 2.59. The number of hydrogen-bond acceptors (Lipinski definition) is 4. The molecule has 1 rings (SSSR count). The van der Waals surface area contributed by atoms with Crippen molar-refractivity contribution in [2.45, 2.75) is 58.5 Å². The first-order valence-corrected chi connectivity index (χ1v) is 9.41. The van der Waals surface area contributed by atoms with E-state index in [0.29, 0.717) is 44.7 Å². The normalized spacial score (nSPS) is 19.7. The van der Waals surface area contributed by atoms with Crippen molar-refractivity contribution in [1.29, 1.82) is 0 Å². The Hall–Kier alpha value is -0.660. The predicted molar refractivity (Wildman–Crippen MR) is 84.2 cm³/mol. The molecular formula is C14H29N3O3S. The number of sulfonamides is 1.